The number of Topliss-reactive ketones (excluding diaryl/α,β-unsaturated/α-hetero) is 1. The maximum atomic E-state index is 13.6. The first-order chi connectivity index (χ1) is 7.60. The van der Waals surface area contributed by atoms with Gasteiger partial charge >= 0.3 is 0 Å². The molecule has 5 heteroatoms. The highest BCUT2D eigenvalue weighted by Gasteiger charge is 2.13. The van der Waals surface area contributed by atoms with E-state index in [0.717, 1.165) is 0 Å². The Morgan fingerprint density at radius 1 is 1.56 bits per heavy atom. The zero-order valence-corrected chi connectivity index (χ0v) is 10.7. The number of halogens is 2. The van der Waals surface area contributed by atoms with Crippen LogP contribution in [0.25, 0.3) is 0 Å². The van der Waals surface area contributed by atoms with Crippen LogP contribution in [-0.4, -0.2) is 26.5 Å². The van der Waals surface area contributed by atoms with Gasteiger partial charge in [-0.25, -0.2) is 4.39 Å². The summed E-state index contributed by atoms with van der Waals surface area (Å²) < 4.78 is 19.0. The largest absolute Gasteiger partial charge is 0.380 e. The van der Waals surface area contributed by atoms with Crippen molar-refractivity contribution in [2.45, 2.75) is 6.61 Å². The summed E-state index contributed by atoms with van der Waals surface area (Å²) in [6.45, 7) is 0.364. The van der Waals surface area contributed by atoms with E-state index in [2.05, 4.69) is 21.2 Å². The van der Waals surface area contributed by atoms with Crippen LogP contribution in [0, 0.1) is 5.82 Å². The first-order valence-electron chi connectivity index (χ1n) is 4.74. The molecule has 0 saturated carbocycles. The van der Waals surface area contributed by atoms with Gasteiger partial charge in [0.25, 0.3) is 0 Å². The van der Waals surface area contributed by atoms with Crippen molar-refractivity contribution in [1.29, 1.82) is 0 Å². The van der Waals surface area contributed by atoms with Gasteiger partial charge in [-0.15, -0.1) is 0 Å². The molecule has 1 aromatic rings. The van der Waals surface area contributed by atoms with Gasteiger partial charge in [0.15, 0.2) is 5.78 Å². The van der Waals surface area contributed by atoms with Gasteiger partial charge in [0.2, 0.25) is 0 Å². The molecule has 0 aliphatic carbocycles. The first-order valence-corrected chi connectivity index (χ1v) is 5.54. The second kappa shape index (κ2) is 6.08. The molecule has 0 radical (unpaired) electrons. The highest BCUT2D eigenvalue weighted by Crippen LogP contribution is 2.23. The lowest BCUT2D eigenvalue weighted by Crippen LogP contribution is -2.18. The second-order valence-corrected chi connectivity index (χ2v) is 4.16. The minimum Gasteiger partial charge on any atom is -0.380 e. The van der Waals surface area contributed by atoms with Crippen molar-refractivity contribution in [2.75, 3.05) is 20.7 Å². The van der Waals surface area contributed by atoms with Crippen molar-refractivity contribution in [2.24, 2.45) is 0 Å². The van der Waals surface area contributed by atoms with E-state index < -0.39 is 5.82 Å². The van der Waals surface area contributed by atoms with E-state index >= 15 is 0 Å². The van der Waals surface area contributed by atoms with Gasteiger partial charge < -0.3 is 10.1 Å². The van der Waals surface area contributed by atoms with Crippen LogP contribution in [0.5, 0.6) is 0 Å². The van der Waals surface area contributed by atoms with Crippen molar-refractivity contribution in [1.82, 2.24) is 5.32 Å². The monoisotopic (exact) mass is 289 g/mol. The normalized spacial score (nSPS) is 10.5. The molecule has 0 fully saturated rings. The van der Waals surface area contributed by atoms with Crippen LogP contribution in [0.1, 0.15) is 15.9 Å². The summed E-state index contributed by atoms with van der Waals surface area (Å²) in [7, 11) is 3.16. The van der Waals surface area contributed by atoms with E-state index in [4.69, 9.17) is 4.74 Å². The quantitative estimate of drug-likeness (QED) is 0.844. The van der Waals surface area contributed by atoms with E-state index in [1.54, 1.807) is 13.1 Å². The summed E-state index contributed by atoms with van der Waals surface area (Å²) in [6.07, 6.45) is 0. The zero-order valence-electron chi connectivity index (χ0n) is 9.14. The Balaban J connectivity index is 3.04. The molecular formula is C11H13BrFNO2. The van der Waals surface area contributed by atoms with Gasteiger partial charge in [-0.2, -0.15) is 0 Å². The average molecular weight is 290 g/mol. The molecule has 88 valence electrons. The number of methoxy groups -OCH3 is 1. The van der Waals surface area contributed by atoms with Crippen LogP contribution in [0.15, 0.2) is 16.6 Å². The lowest BCUT2D eigenvalue weighted by Gasteiger charge is -2.08. The number of benzene rings is 1. The van der Waals surface area contributed by atoms with Gasteiger partial charge in [0.05, 0.1) is 13.2 Å². The standard InChI is InChI=1S/C11H13BrFNO2/c1-14-5-11(15)7-3-9(12)8(6-16-2)10(13)4-7/h3-4,14H,5-6H2,1-2H3. The Morgan fingerprint density at radius 2 is 2.25 bits per heavy atom. The number of hydrogen-bond donors (Lipinski definition) is 1. The Bertz CT molecular complexity index is 373. The third-order valence-electron chi connectivity index (χ3n) is 2.09. The number of rotatable bonds is 5. The molecule has 1 aromatic carbocycles. The minimum atomic E-state index is -0.435. The molecule has 1 rings (SSSR count). The third-order valence-corrected chi connectivity index (χ3v) is 2.80. The minimum absolute atomic E-state index is 0.147. The molecule has 0 aliphatic rings. The summed E-state index contributed by atoms with van der Waals surface area (Å²) >= 11 is 3.23. The van der Waals surface area contributed by atoms with Crippen LogP contribution >= 0.6 is 15.9 Å². The molecule has 0 heterocycles. The number of likely N-dealkylation sites (N-methyl/N-ethyl adjacent to an activating group) is 1. The lowest BCUT2D eigenvalue weighted by atomic mass is 10.1. The Kier molecular flexibility index (Phi) is 5.05. The second-order valence-electron chi connectivity index (χ2n) is 3.30. The fraction of sp³-hybridized carbons (Fsp3) is 0.364. The average Bonchev–Trinajstić information content (AvgIpc) is 2.23. The van der Waals surface area contributed by atoms with Crippen molar-refractivity contribution < 1.29 is 13.9 Å². The fourth-order valence-corrected chi connectivity index (χ4v) is 1.86. The molecule has 0 aromatic heterocycles. The van der Waals surface area contributed by atoms with E-state index in [1.165, 1.54) is 13.2 Å². The number of hydrogen-bond acceptors (Lipinski definition) is 3. The predicted octanol–water partition coefficient (Wildman–Crippen LogP) is 2.14. The molecule has 0 aliphatic heterocycles. The highest BCUT2D eigenvalue weighted by atomic mass is 79.9. The van der Waals surface area contributed by atoms with Crippen LogP contribution in [0.2, 0.25) is 0 Å². The first kappa shape index (κ1) is 13.3. The van der Waals surface area contributed by atoms with Crippen molar-refractivity contribution in [3.05, 3.63) is 33.5 Å². The molecule has 1 N–H and O–H groups in total. The summed E-state index contributed by atoms with van der Waals surface area (Å²) in [5, 5.41) is 2.73. The molecule has 0 bridgehead atoms. The molecule has 0 spiro atoms. The molecule has 0 atom stereocenters. The molecule has 0 amide bonds. The van der Waals surface area contributed by atoms with Crippen LogP contribution in [0.3, 0.4) is 0 Å². The van der Waals surface area contributed by atoms with Crippen molar-refractivity contribution in [3.63, 3.8) is 0 Å². The number of carbonyl (C=O) groups is 1. The van der Waals surface area contributed by atoms with Gasteiger partial charge in [-0.05, 0) is 19.2 Å². The van der Waals surface area contributed by atoms with Gasteiger partial charge in [0.1, 0.15) is 5.82 Å². The predicted molar refractivity (Wildman–Crippen MR) is 63.1 cm³/mol. The summed E-state index contributed by atoms with van der Waals surface area (Å²) in [6, 6.07) is 2.84. The Morgan fingerprint density at radius 3 is 2.75 bits per heavy atom. The van der Waals surface area contributed by atoms with Crippen LogP contribution < -0.4 is 5.32 Å². The van der Waals surface area contributed by atoms with Crippen LogP contribution in [0.4, 0.5) is 4.39 Å². The SMILES string of the molecule is CNCC(=O)c1cc(F)c(COC)c(Br)c1. The number of ketones is 1. The van der Waals surface area contributed by atoms with Gasteiger partial charge in [-0.3, -0.25) is 4.79 Å². The van der Waals surface area contributed by atoms with Crippen molar-refractivity contribution in [3.8, 4) is 0 Å². The highest BCUT2D eigenvalue weighted by molar-refractivity contribution is 9.10. The molecule has 3 nitrogen and oxygen atoms in total. The number of carbonyl (C=O) groups excluding carboxylic acids is 1. The Labute approximate surface area is 102 Å². The number of ether oxygens (including phenoxy) is 1. The molecule has 0 saturated heterocycles. The fourth-order valence-electron chi connectivity index (χ4n) is 1.31. The summed E-state index contributed by atoms with van der Waals surface area (Å²) in [4.78, 5) is 11.5. The van der Waals surface area contributed by atoms with Gasteiger partial charge in [-0.1, -0.05) is 15.9 Å². The maximum absolute atomic E-state index is 13.6. The third kappa shape index (κ3) is 3.10. The summed E-state index contributed by atoms with van der Waals surface area (Å²) in [5.74, 6) is -0.582. The van der Waals surface area contributed by atoms with Crippen LogP contribution in [-0.2, 0) is 11.3 Å². The molecule has 16 heavy (non-hydrogen) atoms. The van der Waals surface area contributed by atoms with E-state index in [1.807, 2.05) is 0 Å². The summed E-state index contributed by atoms with van der Waals surface area (Å²) in [5.41, 5.74) is 0.766. The lowest BCUT2D eigenvalue weighted by molar-refractivity contribution is 0.0993. The van der Waals surface area contributed by atoms with Gasteiger partial charge in [0, 0.05) is 22.7 Å². The Hall–Kier alpha value is -0.780. The molecular weight excluding hydrogens is 277 g/mol. The van der Waals surface area contributed by atoms with E-state index in [9.17, 15) is 9.18 Å². The maximum Gasteiger partial charge on any atom is 0.176 e. The zero-order chi connectivity index (χ0) is 12.1. The van der Waals surface area contributed by atoms with E-state index in [0.29, 0.717) is 15.6 Å². The van der Waals surface area contributed by atoms with E-state index in [-0.39, 0.29) is 18.9 Å². The topological polar surface area (TPSA) is 38.3 Å². The smallest absolute Gasteiger partial charge is 0.176 e. The number of nitrogens with one attached hydrogen (secondary N) is 1. The van der Waals surface area contributed by atoms with Crippen molar-refractivity contribution >= 4 is 21.7 Å². The molecule has 0 unspecified atom stereocenters.